The average molecular weight is 209 g/mol. The average Bonchev–Trinajstić information content (AvgIpc) is 2.32. The van der Waals surface area contributed by atoms with Gasteiger partial charge in [0, 0.05) is 6.54 Å². The van der Waals surface area contributed by atoms with Crippen molar-refractivity contribution in [1.82, 2.24) is 10.9 Å². The molecule has 0 radical (unpaired) electrons. The van der Waals surface area contributed by atoms with E-state index in [1.54, 1.807) is 0 Å². The maximum absolute atomic E-state index is 11.3. The molecule has 0 amide bonds. The quantitative estimate of drug-likeness (QED) is 0.621. The van der Waals surface area contributed by atoms with Gasteiger partial charge >= 0.3 is 5.97 Å². The standard InChI is InChI=1S/C8H16N2O2.ClH/c1-8(2,3)12-7(11)6-4-5-9-10-6;/h6,9-10H,4-5H2,1-3H3;1H. The van der Waals surface area contributed by atoms with Crippen LogP contribution in [0.2, 0.25) is 0 Å². The molecule has 13 heavy (non-hydrogen) atoms. The molecule has 0 aromatic rings. The van der Waals surface area contributed by atoms with Crippen LogP contribution in [0.25, 0.3) is 0 Å². The van der Waals surface area contributed by atoms with Crippen molar-refractivity contribution >= 4 is 18.4 Å². The second kappa shape index (κ2) is 4.79. The predicted octanol–water partition coefficient (Wildman–Crippen LogP) is 0.616. The molecule has 1 atom stereocenters. The van der Waals surface area contributed by atoms with Crippen molar-refractivity contribution in [3.63, 3.8) is 0 Å². The highest BCUT2D eigenvalue weighted by atomic mass is 35.5. The molecule has 78 valence electrons. The van der Waals surface area contributed by atoms with E-state index in [-0.39, 0.29) is 30.0 Å². The smallest absolute Gasteiger partial charge is 0.325 e. The van der Waals surface area contributed by atoms with Crippen molar-refractivity contribution in [3.8, 4) is 0 Å². The molecular weight excluding hydrogens is 192 g/mol. The first kappa shape index (κ1) is 12.7. The normalized spacial score (nSPS) is 22.2. The van der Waals surface area contributed by atoms with E-state index in [2.05, 4.69) is 10.9 Å². The van der Waals surface area contributed by atoms with E-state index in [4.69, 9.17) is 4.74 Å². The zero-order valence-corrected chi connectivity index (χ0v) is 9.03. The van der Waals surface area contributed by atoms with E-state index >= 15 is 0 Å². The Morgan fingerprint density at radius 3 is 2.46 bits per heavy atom. The number of hydrazine groups is 1. The Hall–Kier alpha value is -0.320. The van der Waals surface area contributed by atoms with Crippen LogP contribution in [0.5, 0.6) is 0 Å². The van der Waals surface area contributed by atoms with Crippen LogP contribution in [-0.4, -0.2) is 24.2 Å². The fourth-order valence-corrected chi connectivity index (χ4v) is 1.03. The van der Waals surface area contributed by atoms with Gasteiger partial charge in [-0.25, -0.2) is 5.43 Å². The number of rotatable bonds is 1. The summed E-state index contributed by atoms with van der Waals surface area (Å²) in [4.78, 5) is 11.3. The lowest BCUT2D eigenvalue weighted by Crippen LogP contribution is -2.40. The lowest BCUT2D eigenvalue weighted by Gasteiger charge is -2.21. The van der Waals surface area contributed by atoms with Gasteiger partial charge in [0.15, 0.2) is 0 Å². The number of carbonyl (C=O) groups is 1. The highest BCUT2D eigenvalue weighted by molar-refractivity contribution is 5.85. The largest absolute Gasteiger partial charge is 0.459 e. The number of ether oxygens (including phenoxy) is 1. The number of carbonyl (C=O) groups excluding carboxylic acids is 1. The highest BCUT2D eigenvalue weighted by Gasteiger charge is 2.27. The van der Waals surface area contributed by atoms with Crippen molar-refractivity contribution in [2.45, 2.75) is 38.8 Å². The van der Waals surface area contributed by atoms with Gasteiger partial charge in [-0.15, -0.1) is 12.4 Å². The summed E-state index contributed by atoms with van der Waals surface area (Å²) in [6.45, 7) is 6.43. The molecule has 1 rings (SSSR count). The molecule has 4 nitrogen and oxygen atoms in total. The molecule has 5 heteroatoms. The first-order valence-electron chi connectivity index (χ1n) is 4.20. The van der Waals surface area contributed by atoms with Gasteiger partial charge in [0.2, 0.25) is 0 Å². The summed E-state index contributed by atoms with van der Waals surface area (Å²) in [7, 11) is 0. The van der Waals surface area contributed by atoms with Crippen molar-refractivity contribution in [2.24, 2.45) is 0 Å². The predicted molar refractivity (Wildman–Crippen MR) is 52.6 cm³/mol. The molecule has 2 N–H and O–H groups in total. The molecule has 0 saturated carbocycles. The number of nitrogens with one attached hydrogen (secondary N) is 2. The van der Waals surface area contributed by atoms with E-state index in [9.17, 15) is 4.79 Å². The third kappa shape index (κ3) is 4.45. The summed E-state index contributed by atoms with van der Waals surface area (Å²) in [5.41, 5.74) is 5.36. The van der Waals surface area contributed by atoms with Crippen molar-refractivity contribution in [1.29, 1.82) is 0 Å². The molecule has 1 unspecified atom stereocenters. The number of hydrogen-bond donors (Lipinski definition) is 2. The Bertz CT molecular complexity index is 173. The third-order valence-corrected chi connectivity index (χ3v) is 1.53. The molecule has 0 bridgehead atoms. The SMILES string of the molecule is CC(C)(C)OC(=O)C1CCNN1.Cl. The second-order valence-electron chi connectivity index (χ2n) is 3.95. The highest BCUT2D eigenvalue weighted by Crippen LogP contribution is 2.10. The van der Waals surface area contributed by atoms with E-state index in [0.29, 0.717) is 0 Å². The Morgan fingerprint density at radius 2 is 2.08 bits per heavy atom. The van der Waals surface area contributed by atoms with Crippen LogP contribution in [0.15, 0.2) is 0 Å². The molecule has 0 aliphatic carbocycles. The molecule has 0 spiro atoms. The number of hydrogen-bond acceptors (Lipinski definition) is 4. The Labute approximate surface area is 84.8 Å². The first-order valence-corrected chi connectivity index (χ1v) is 4.20. The van der Waals surface area contributed by atoms with Gasteiger partial charge in [-0.2, -0.15) is 0 Å². The summed E-state index contributed by atoms with van der Waals surface area (Å²) >= 11 is 0. The molecule has 1 fully saturated rings. The van der Waals surface area contributed by atoms with Gasteiger partial charge in [-0.05, 0) is 27.2 Å². The zero-order valence-electron chi connectivity index (χ0n) is 8.22. The molecule has 1 saturated heterocycles. The minimum absolute atomic E-state index is 0. The summed E-state index contributed by atoms with van der Waals surface area (Å²) < 4.78 is 5.18. The molecule has 1 aliphatic rings. The summed E-state index contributed by atoms with van der Waals surface area (Å²) in [5, 5.41) is 0. The van der Waals surface area contributed by atoms with Gasteiger partial charge in [0.1, 0.15) is 11.6 Å². The number of esters is 1. The third-order valence-electron chi connectivity index (χ3n) is 1.53. The van der Waals surface area contributed by atoms with E-state index in [1.165, 1.54) is 0 Å². The van der Waals surface area contributed by atoms with Crippen LogP contribution in [-0.2, 0) is 9.53 Å². The fraction of sp³-hybridized carbons (Fsp3) is 0.875. The maximum Gasteiger partial charge on any atom is 0.325 e. The van der Waals surface area contributed by atoms with Gasteiger partial charge in [-0.1, -0.05) is 0 Å². The first-order chi connectivity index (χ1) is 5.49. The molecule has 1 aliphatic heterocycles. The van der Waals surface area contributed by atoms with Crippen molar-refractivity contribution < 1.29 is 9.53 Å². The van der Waals surface area contributed by atoms with E-state index < -0.39 is 0 Å². The van der Waals surface area contributed by atoms with E-state index in [1.807, 2.05) is 20.8 Å². The molecular formula is C8H17ClN2O2. The second-order valence-corrected chi connectivity index (χ2v) is 3.95. The molecule has 0 aromatic heterocycles. The van der Waals surface area contributed by atoms with Gasteiger partial charge in [0.05, 0.1) is 0 Å². The zero-order chi connectivity index (χ0) is 9.19. The summed E-state index contributed by atoms with van der Waals surface area (Å²) in [6.07, 6.45) is 0.801. The summed E-state index contributed by atoms with van der Waals surface area (Å²) in [5.74, 6) is -0.174. The van der Waals surface area contributed by atoms with Crippen LogP contribution in [0, 0.1) is 0 Å². The molecule has 1 heterocycles. The lowest BCUT2D eigenvalue weighted by molar-refractivity contribution is -0.157. The van der Waals surface area contributed by atoms with Crippen molar-refractivity contribution in [2.75, 3.05) is 6.54 Å². The Balaban J connectivity index is 0.00000144. The maximum atomic E-state index is 11.3. The Kier molecular flexibility index (Phi) is 4.67. The van der Waals surface area contributed by atoms with Crippen LogP contribution in [0.4, 0.5) is 0 Å². The van der Waals surface area contributed by atoms with Gasteiger partial charge < -0.3 is 4.74 Å². The monoisotopic (exact) mass is 208 g/mol. The minimum Gasteiger partial charge on any atom is -0.459 e. The fourth-order valence-electron chi connectivity index (χ4n) is 1.03. The topological polar surface area (TPSA) is 50.4 Å². The van der Waals surface area contributed by atoms with Gasteiger partial charge in [-0.3, -0.25) is 10.2 Å². The van der Waals surface area contributed by atoms with Crippen molar-refractivity contribution in [3.05, 3.63) is 0 Å². The van der Waals surface area contributed by atoms with E-state index in [0.717, 1.165) is 13.0 Å². The van der Waals surface area contributed by atoms with Crippen LogP contribution in [0.1, 0.15) is 27.2 Å². The summed E-state index contributed by atoms with van der Waals surface area (Å²) in [6, 6.07) is -0.177. The van der Waals surface area contributed by atoms with Gasteiger partial charge in [0.25, 0.3) is 0 Å². The van der Waals surface area contributed by atoms with Crippen LogP contribution < -0.4 is 10.9 Å². The van der Waals surface area contributed by atoms with Crippen LogP contribution >= 0.6 is 12.4 Å². The lowest BCUT2D eigenvalue weighted by atomic mass is 10.2. The minimum atomic E-state index is -0.388. The number of halogens is 1. The molecule has 0 aromatic carbocycles. The van der Waals surface area contributed by atoms with Crippen LogP contribution in [0.3, 0.4) is 0 Å². The Morgan fingerprint density at radius 1 is 1.46 bits per heavy atom.